The highest BCUT2D eigenvalue weighted by Crippen LogP contribution is 2.26. The maximum atomic E-state index is 9.07. The van der Waals surface area contributed by atoms with E-state index in [9.17, 15) is 0 Å². The molecule has 6 nitrogen and oxygen atoms in total. The topological polar surface area (TPSA) is 77.0 Å². The summed E-state index contributed by atoms with van der Waals surface area (Å²) in [5.74, 6) is 1.84. The zero-order chi connectivity index (χ0) is 13.9. The Bertz CT molecular complexity index is 690. The van der Waals surface area contributed by atoms with Gasteiger partial charge in [-0.25, -0.2) is 4.98 Å². The fourth-order valence-corrected chi connectivity index (χ4v) is 3.10. The fraction of sp³-hybridized carbons (Fsp3) is 0.250. The molecule has 0 aliphatic rings. The Balaban J connectivity index is 1.68. The minimum atomic E-state index is -0.115. The molecule has 8 heteroatoms. The average Bonchev–Trinajstić information content (AvgIpc) is 3.17. The van der Waals surface area contributed by atoms with E-state index in [0.717, 1.165) is 15.7 Å². The smallest absolute Gasteiger partial charge is 0.236 e. The van der Waals surface area contributed by atoms with Gasteiger partial charge in [-0.1, -0.05) is 17.8 Å². The van der Waals surface area contributed by atoms with Crippen LogP contribution in [0.15, 0.2) is 33.3 Å². The standard InChI is InChI=1S/C12H12N4O2S2/c1-16-10(5-17)14-15-12(16)20-7-8-6-18-11(13-8)9-3-2-4-19-9/h2-4,6,17H,5,7H2,1H3. The maximum Gasteiger partial charge on any atom is 0.236 e. The van der Waals surface area contributed by atoms with Crippen molar-refractivity contribution in [3.8, 4) is 10.8 Å². The lowest BCUT2D eigenvalue weighted by Crippen LogP contribution is -1.98. The van der Waals surface area contributed by atoms with Crippen LogP contribution in [0.2, 0.25) is 0 Å². The molecule has 0 bridgehead atoms. The molecule has 0 radical (unpaired) electrons. The number of nitrogens with zero attached hydrogens (tertiary/aromatic N) is 4. The van der Waals surface area contributed by atoms with Crippen molar-refractivity contribution in [2.75, 3.05) is 0 Å². The second-order valence-corrected chi connectivity index (χ2v) is 5.92. The van der Waals surface area contributed by atoms with E-state index in [-0.39, 0.29) is 6.61 Å². The van der Waals surface area contributed by atoms with Gasteiger partial charge in [-0.3, -0.25) is 0 Å². The van der Waals surface area contributed by atoms with E-state index in [0.29, 0.717) is 17.5 Å². The normalized spacial score (nSPS) is 11.1. The second kappa shape index (κ2) is 5.78. The minimum absolute atomic E-state index is 0.115. The molecule has 20 heavy (non-hydrogen) atoms. The van der Waals surface area contributed by atoms with Gasteiger partial charge >= 0.3 is 0 Å². The summed E-state index contributed by atoms with van der Waals surface area (Å²) in [6.45, 7) is -0.115. The van der Waals surface area contributed by atoms with E-state index >= 15 is 0 Å². The van der Waals surface area contributed by atoms with Gasteiger partial charge in [-0.05, 0) is 11.4 Å². The SMILES string of the molecule is Cn1c(CO)nnc1SCc1coc(-c2cccs2)n1. The van der Waals surface area contributed by atoms with Crippen LogP contribution in [0.25, 0.3) is 10.8 Å². The molecule has 0 atom stereocenters. The monoisotopic (exact) mass is 308 g/mol. The average molecular weight is 308 g/mol. The quantitative estimate of drug-likeness (QED) is 0.729. The highest BCUT2D eigenvalue weighted by molar-refractivity contribution is 7.98. The van der Waals surface area contributed by atoms with E-state index in [1.165, 1.54) is 11.8 Å². The molecule has 0 saturated carbocycles. The van der Waals surface area contributed by atoms with Crippen molar-refractivity contribution in [2.45, 2.75) is 17.5 Å². The lowest BCUT2D eigenvalue weighted by Gasteiger charge is -1.99. The van der Waals surface area contributed by atoms with Gasteiger partial charge in [0.2, 0.25) is 5.89 Å². The molecule has 0 aliphatic heterocycles. The lowest BCUT2D eigenvalue weighted by molar-refractivity contribution is 0.266. The molecule has 1 N–H and O–H groups in total. The van der Waals surface area contributed by atoms with E-state index < -0.39 is 0 Å². The zero-order valence-corrected chi connectivity index (χ0v) is 12.3. The summed E-state index contributed by atoms with van der Waals surface area (Å²) in [5.41, 5.74) is 0.854. The van der Waals surface area contributed by atoms with Gasteiger partial charge in [0, 0.05) is 12.8 Å². The Morgan fingerprint density at radius 3 is 3.05 bits per heavy atom. The summed E-state index contributed by atoms with van der Waals surface area (Å²) in [4.78, 5) is 5.46. The number of thiophene rings is 1. The van der Waals surface area contributed by atoms with Gasteiger partial charge in [0.05, 0.1) is 10.6 Å². The third kappa shape index (κ3) is 2.62. The molecule has 104 valence electrons. The molecule has 0 aliphatic carbocycles. The third-order valence-electron chi connectivity index (χ3n) is 2.70. The highest BCUT2D eigenvalue weighted by Gasteiger charge is 2.11. The third-order valence-corrected chi connectivity index (χ3v) is 4.61. The second-order valence-electron chi connectivity index (χ2n) is 4.03. The first kappa shape index (κ1) is 13.3. The first-order valence-electron chi connectivity index (χ1n) is 5.88. The largest absolute Gasteiger partial charge is 0.444 e. The van der Waals surface area contributed by atoms with Crippen molar-refractivity contribution in [1.29, 1.82) is 0 Å². The summed E-state index contributed by atoms with van der Waals surface area (Å²) in [6.07, 6.45) is 1.66. The highest BCUT2D eigenvalue weighted by atomic mass is 32.2. The molecular formula is C12H12N4O2S2. The van der Waals surface area contributed by atoms with Crippen molar-refractivity contribution in [3.63, 3.8) is 0 Å². The molecule has 3 rings (SSSR count). The van der Waals surface area contributed by atoms with Crippen molar-refractivity contribution in [2.24, 2.45) is 7.05 Å². The predicted molar refractivity (Wildman–Crippen MR) is 76.3 cm³/mol. The Morgan fingerprint density at radius 2 is 2.35 bits per heavy atom. The van der Waals surface area contributed by atoms with Gasteiger partial charge < -0.3 is 14.1 Å². The summed E-state index contributed by atoms with van der Waals surface area (Å²) < 4.78 is 7.23. The molecule has 0 amide bonds. The molecule has 0 fully saturated rings. The van der Waals surface area contributed by atoms with Crippen LogP contribution in [-0.4, -0.2) is 24.9 Å². The van der Waals surface area contributed by atoms with Gasteiger partial charge in [-0.2, -0.15) is 0 Å². The van der Waals surface area contributed by atoms with Crippen LogP contribution in [0.5, 0.6) is 0 Å². The Kier molecular flexibility index (Phi) is 3.86. The van der Waals surface area contributed by atoms with Crippen LogP contribution in [0.4, 0.5) is 0 Å². The van der Waals surface area contributed by atoms with Crippen molar-refractivity contribution in [3.05, 3.63) is 35.3 Å². The van der Waals surface area contributed by atoms with Crippen LogP contribution in [0, 0.1) is 0 Å². The molecule has 0 aromatic carbocycles. The molecule has 0 spiro atoms. The van der Waals surface area contributed by atoms with Crippen LogP contribution in [0.1, 0.15) is 11.5 Å². The first-order valence-corrected chi connectivity index (χ1v) is 7.74. The van der Waals surface area contributed by atoms with Gasteiger partial charge in [0.25, 0.3) is 0 Å². The number of oxazole rings is 1. The first-order chi connectivity index (χ1) is 9.78. The maximum absolute atomic E-state index is 9.07. The van der Waals surface area contributed by atoms with Crippen molar-refractivity contribution in [1.82, 2.24) is 19.7 Å². The van der Waals surface area contributed by atoms with Crippen molar-refractivity contribution < 1.29 is 9.52 Å². The van der Waals surface area contributed by atoms with Gasteiger partial charge in [-0.15, -0.1) is 21.5 Å². The van der Waals surface area contributed by atoms with Crippen molar-refractivity contribution >= 4 is 23.1 Å². The summed E-state index contributed by atoms with van der Waals surface area (Å²) in [7, 11) is 1.83. The molecule has 3 aromatic rings. The molecule has 3 aromatic heterocycles. The summed E-state index contributed by atoms with van der Waals surface area (Å²) in [6, 6.07) is 3.94. The number of hydrogen-bond acceptors (Lipinski definition) is 7. The fourth-order valence-electron chi connectivity index (χ4n) is 1.63. The minimum Gasteiger partial charge on any atom is -0.444 e. The number of aliphatic hydroxyl groups excluding tert-OH is 1. The lowest BCUT2D eigenvalue weighted by atomic mass is 10.5. The molecule has 0 saturated heterocycles. The van der Waals surface area contributed by atoms with Crippen LogP contribution in [-0.2, 0) is 19.4 Å². The molecule has 0 unspecified atom stereocenters. The van der Waals surface area contributed by atoms with E-state index in [1.54, 1.807) is 22.2 Å². The van der Waals surface area contributed by atoms with Gasteiger partial charge in [0.15, 0.2) is 11.0 Å². The van der Waals surface area contributed by atoms with E-state index in [4.69, 9.17) is 9.52 Å². The van der Waals surface area contributed by atoms with E-state index in [1.807, 2.05) is 24.6 Å². The number of aromatic nitrogens is 4. The van der Waals surface area contributed by atoms with Crippen LogP contribution >= 0.6 is 23.1 Å². The Morgan fingerprint density at radius 1 is 1.45 bits per heavy atom. The Hall–Kier alpha value is -1.64. The molecule has 3 heterocycles. The number of aliphatic hydroxyl groups is 1. The number of thioether (sulfide) groups is 1. The van der Waals surface area contributed by atoms with Gasteiger partial charge in [0.1, 0.15) is 12.9 Å². The zero-order valence-electron chi connectivity index (χ0n) is 10.7. The van der Waals surface area contributed by atoms with E-state index in [2.05, 4.69) is 15.2 Å². The number of rotatable bonds is 5. The predicted octanol–water partition coefficient (Wildman–Crippen LogP) is 2.32. The Labute approximate surface area is 123 Å². The summed E-state index contributed by atoms with van der Waals surface area (Å²) in [5, 5.41) is 19.7. The van der Waals surface area contributed by atoms with Crippen LogP contribution in [0.3, 0.4) is 0 Å². The molecular weight excluding hydrogens is 296 g/mol. The van der Waals surface area contributed by atoms with Crippen LogP contribution < -0.4 is 0 Å². The summed E-state index contributed by atoms with van der Waals surface area (Å²) >= 11 is 3.10. The number of hydrogen-bond donors (Lipinski definition) is 1.